The number of hydrogen-bond donors (Lipinski definition) is 3. The molecule has 19 heavy (non-hydrogen) atoms. The first-order valence-corrected chi connectivity index (χ1v) is 7.05. The molecule has 0 saturated heterocycles. The standard InChI is InChI=1S/C11H13NO6S/c13-9(11(14)15)6-12-19(16,17)8-1-2-10-7(5-8)3-4-18-10/h1-2,5,9,12-13H,3-4,6H2,(H,14,15)/t9-/m0/s1. The molecule has 1 atom stereocenters. The number of sulfonamides is 1. The zero-order valence-electron chi connectivity index (χ0n) is 9.87. The van der Waals surface area contributed by atoms with Crippen molar-refractivity contribution in [1.29, 1.82) is 0 Å². The molecule has 0 bridgehead atoms. The minimum absolute atomic E-state index is 0.0225. The number of aliphatic hydroxyl groups is 1. The van der Waals surface area contributed by atoms with Gasteiger partial charge in [-0.2, -0.15) is 0 Å². The molecule has 0 aromatic heterocycles. The molecular weight excluding hydrogens is 274 g/mol. The zero-order valence-corrected chi connectivity index (χ0v) is 10.7. The second-order valence-corrected chi connectivity index (χ2v) is 5.84. The molecule has 8 heteroatoms. The second kappa shape index (κ2) is 5.16. The van der Waals surface area contributed by atoms with Gasteiger partial charge in [0, 0.05) is 13.0 Å². The molecule has 1 aromatic carbocycles. The second-order valence-electron chi connectivity index (χ2n) is 4.07. The Labute approximate surface area is 109 Å². The van der Waals surface area contributed by atoms with Crippen LogP contribution in [0.5, 0.6) is 5.75 Å². The topological polar surface area (TPSA) is 113 Å². The fraction of sp³-hybridized carbons (Fsp3) is 0.364. The van der Waals surface area contributed by atoms with Gasteiger partial charge in [0.05, 0.1) is 11.5 Å². The van der Waals surface area contributed by atoms with Gasteiger partial charge in [-0.1, -0.05) is 0 Å². The highest BCUT2D eigenvalue weighted by atomic mass is 32.2. The van der Waals surface area contributed by atoms with Gasteiger partial charge in [-0.3, -0.25) is 0 Å². The van der Waals surface area contributed by atoms with E-state index < -0.39 is 28.6 Å². The Kier molecular flexibility index (Phi) is 3.74. The summed E-state index contributed by atoms with van der Waals surface area (Å²) in [6, 6.07) is 4.42. The highest BCUT2D eigenvalue weighted by molar-refractivity contribution is 7.89. The number of carboxylic acids is 1. The van der Waals surface area contributed by atoms with Crippen LogP contribution in [0.2, 0.25) is 0 Å². The molecule has 0 unspecified atom stereocenters. The maximum Gasteiger partial charge on any atom is 0.333 e. The third-order valence-electron chi connectivity index (χ3n) is 2.72. The Hall–Kier alpha value is -1.64. The number of rotatable bonds is 5. The van der Waals surface area contributed by atoms with Gasteiger partial charge in [-0.15, -0.1) is 0 Å². The lowest BCUT2D eigenvalue weighted by Gasteiger charge is -2.09. The number of carboxylic acid groups (broad SMARTS) is 1. The molecule has 1 aromatic rings. The predicted octanol–water partition coefficient (Wildman–Crippen LogP) is -0.655. The van der Waals surface area contributed by atoms with E-state index in [1.807, 2.05) is 4.72 Å². The van der Waals surface area contributed by atoms with Crippen LogP contribution < -0.4 is 9.46 Å². The van der Waals surface area contributed by atoms with Crippen molar-refractivity contribution in [3.05, 3.63) is 23.8 Å². The van der Waals surface area contributed by atoms with Crippen LogP contribution >= 0.6 is 0 Å². The molecule has 1 aliphatic heterocycles. The molecule has 1 aliphatic rings. The molecule has 2 rings (SSSR count). The molecule has 104 valence electrons. The number of ether oxygens (including phenoxy) is 1. The van der Waals surface area contributed by atoms with Crippen LogP contribution in [0.15, 0.2) is 23.1 Å². The summed E-state index contributed by atoms with van der Waals surface area (Å²) in [5.41, 5.74) is 0.793. The van der Waals surface area contributed by atoms with Gasteiger partial charge in [0.1, 0.15) is 5.75 Å². The summed E-state index contributed by atoms with van der Waals surface area (Å²) < 4.78 is 31.1. The number of carbonyl (C=O) groups is 1. The minimum atomic E-state index is -3.84. The normalized spacial score (nSPS) is 15.6. The van der Waals surface area contributed by atoms with Gasteiger partial charge >= 0.3 is 5.97 Å². The summed E-state index contributed by atoms with van der Waals surface area (Å²) in [6.07, 6.45) is -1.14. The molecule has 0 amide bonds. The SMILES string of the molecule is O=C(O)[C@@H](O)CNS(=O)(=O)c1ccc2c(c1)CCO2. The Morgan fingerprint density at radius 3 is 2.89 bits per heavy atom. The largest absolute Gasteiger partial charge is 0.493 e. The lowest BCUT2D eigenvalue weighted by Crippen LogP contribution is -2.36. The van der Waals surface area contributed by atoms with Crippen molar-refractivity contribution in [2.75, 3.05) is 13.2 Å². The van der Waals surface area contributed by atoms with E-state index in [4.69, 9.17) is 14.9 Å². The van der Waals surface area contributed by atoms with Crippen LogP contribution in [-0.2, 0) is 21.2 Å². The van der Waals surface area contributed by atoms with Crippen LogP contribution in [0, 0.1) is 0 Å². The van der Waals surface area contributed by atoms with Gasteiger partial charge in [-0.05, 0) is 23.8 Å². The van der Waals surface area contributed by atoms with Crippen molar-refractivity contribution >= 4 is 16.0 Å². The van der Waals surface area contributed by atoms with E-state index >= 15 is 0 Å². The minimum Gasteiger partial charge on any atom is -0.493 e. The zero-order chi connectivity index (χ0) is 14.0. The maximum absolute atomic E-state index is 11.9. The first-order chi connectivity index (χ1) is 8.90. The number of nitrogens with one attached hydrogen (secondary N) is 1. The highest BCUT2D eigenvalue weighted by Crippen LogP contribution is 2.27. The van der Waals surface area contributed by atoms with Crippen molar-refractivity contribution in [1.82, 2.24) is 4.72 Å². The molecule has 0 spiro atoms. The number of aliphatic carboxylic acids is 1. The molecule has 0 fully saturated rings. The molecule has 1 heterocycles. The Bertz CT molecular complexity index is 597. The summed E-state index contributed by atoms with van der Waals surface area (Å²) in [7, 11) is -3.84. The number of benzene rings is 1. The van der Waals surface area contributed by atoms with Gasteiger partial charge in [-0.25, -0.2) is 17.9 Å². The van der Waals surface area contributed by atoms with Crippen LogP contribution in [0.3, 0.4) is 0 Å². The number of fused-ring (bicyclic) bond motifs is 1. The summed E-state index contributed by atoms with van der Waals surface area (Å²) in [4.78, 5) is 10.4. The summed E-state index contributed by atoms with van der Waals surface area (Å²) in [5.74, 6) is -0.824. The van der Waals surface area contributed by atoms with Gasteiger partial charge < -0.3 is 14.9 Å². The van der Waals surface area contributed by atoms with E-state index in [9.17, 15) is 13.2 Å². The van der Waals surface area contributed by atoms with Crippen molar-refractivity contribution in [3.8, 4) is 5.75 Å². The van der Waals surface area contributed by atoms with Crippen molar-refractivity contribution in [2.24, 2.45) is 0 Å². The maximum atomic E-state index is 11.9. The first kappa shape index (κ1) is 13.8. The fourth-order valence-corrected chi connectivity index (χ4v) is 2.78. The van der Waals surface area contributed by atoms with E-state index in [0.29, 0.717) is 18.8 Å². The lowest BCUT2D eigenvalue weighted by molar-refractivity contribution is -0.146. The summed E-state index contributed by atoms with van der Waals surface area (Å²) in [6.45, 7) is -0.0603. The van der Waals surface area contributed by atoms with E-state index in [1.165, 1.54) is 12.1 Å². The molecule has 0 aliphatic carbocycles. The van der Waals surface area contributed by atoms with Crippen molar-refractivity contribution < 1.29 is 28.2 Å². The third-order valence-corrected chi connectivity index (χ3v) is 4.14. The smallest absolute Gasteiger partial charge is 0.333 e. The van der Waals surface area contributed by atoms with E-state index in [2.05, 4.69) is 0 Å². The van der Waals surface area contributed by atoms with Crippen LogP contribution in [0.25, 0.3) is 0 Å². The van der Waals surface area contributed by atoms with E-state index in [0.717, 1.165) is 5.56 Å². The van der Waals surface area contributed by atoms with Crippen molar-refractivity contribution in [3.63, 3.8) is 0 Å². The average molecular weight is 287 g/mol. The predicted molar refractivity (Wildman–Crippen MR) is 64.5 cm³/mol. The monoisotopic (exact) mass is 287 g/mol. The average Bonchev–Trinajstić information content (AvgIpc) is 2.82. The summed E-state index contributed by atoms with van der Waals surface area (Å²) in [5, 5.41) is 17.5. The molecule has 0 radical (unpaired) electrons. The number of aliphatic hydroxyl groups excluding tert-OH is 1. The molecule has 0 saturated carbocycles. The first-order valence-electron chi connectivity index (χ1n) is 5.56. The van der Waals surface area contributed by atoms with Crippen LogP contribution in [-0.4, -0.2) is 43.9 Å². The van der Waals surface area contributed by atoms with Gasteiger partial charge in [0.15, 0.2) is 6.10 Å². The van der Waals surface area contributed by atoms with E-state index in [1.54, 1.807) is 6.07 Å². The Balaban J connectivity index is 2.14. The highest BCUT2D eigenvalue weighted by Gasteiger charge is 2.21. The van der Waals surface area contributed by atoms with Gasteiger partial charge in [0.2, 0.25) is 10.0 Å². The Morgan fingerprint density at radius 2 is 2.21 bits per heavy atom. The third kappa shape index (κ3) is 3.03. The van der Waals surface area contributed by atoms with Crippen LogP contribution in [0.1, 0.15) is 5.56 Å². The quantitative estimate of drug-likeness (QED) is 0.663. The fourth-order valence-electron chi connectivity index (χ4n) is 1.69. The summed E-state index contributed by atoms with van der Waals surface area (Å²) >= 11 is 0. The van der Waals surface area contributed by atoms with Crippen LogP contribution in [0.4, 0.5) is 0 Å². The lowest BCUT2D eigenvalue weighted by atomic mass is 10.2. The number of hydrogen-bond acceptors (Lipinski definition) is 5. The molecule has 7 nitrogen and oxygen atoms in total. The van der Waals surface area contributed by atoms with E-state index in [-0.39, 0.29) is 4.90 Å². The molecule has 3 N–H and O–H groups in total. The Morgan fingerprint density at radius 1 is 1.47 bits per heavy atom. The van der Waals surface area contributed by atoms with Crippen molar-refractivity contribution in [2.45, 2.75) is 17.4 Å². The molecular formula is C11H13NO6S. The van der Waals surface area contributed by atoms with Gasteiger partial charge in [0.25, 0.3) is 0 Å².